The normalized spacial score (nSPS) is 11.2. The number of nitrogens with one attached hydrogen (secondary N) is 1. The first-order valence-electron chi connectivity index (χ1n) is 6.14. The van der Waals surface area contributed by atoms with Gasteiger partial charge in [0.25, 0.3) is 0 Å². The lowest BCUT2D eigenvalue weighted by atomic mass is 9.93. The fourth-order valence-electron chi connectivity index (χ4n) is 1.86. The SMILES string of the molecule is CN(C)CC(C)(C)CNC(=O)N(CC(=O)O)CC(=O)O. The van der Waals surface area contributed by atoms with Crippen LogP contribution in [0.2, 0.25) is 0 Å². The summed E-state index contributed by atoms with van der Waals surface area (Å²) in [5, 5.41) is 19.9. The number of carbonyl (C=O) groups is 3. The van der Waals surface area contributed by atoms with Gasteiger partial charge < -0.3 is 25.3 Å². The minimum atomic E-state index is -1.26. The maximum atomic E-state index is 11.8. The van der Waals surface area contributed by atoms with Crippen molar-refractivity contribution in [2.24, 2.45) is 5.41 Å². The molecule has 20 heavy (non-hydrogen) atoms. The van der Waals surface area contributed by atoms with Gasteiger partial charge in [-0.3, -0.25) is 9.59 Å². The van der Waals surface area contributed by atoms with Crippen molar-refractivity contribution in [3.05, 3.63) is 0 Å². The molecule has 0 saturated heterocycles. The Labute approximate surface area is 118 Å². The van der Waals surface area contributed by atoms with Gasteiger partial charge in [-0.1, -0.05) is 13.8 Å². The Hall–Kier alpha value is -1.83. The van der Waals surface area contributed by atoms with Gasteiger partial charge in [0.15, 0.2) is 0 Å². The molecule has 0 aromatic heterocycles. The predicted octanol–water partition coefficient (Wildman–Crippen LogP) is -0.245. The summed E-state index contributed by atoms with van der Waals surface area (Å²) in [5.74, 6) is -2.51. The smallest absolute Gasteiger partial charge is 0.323 e. The Bertz CT molecular complexity index is 352. The van der Waals surface area contributed by atoms with E-state index in [0.717, 1.165) is 11.4 Å². The zero-order chi connectivity index (χ0) is 15.9. The number of aliphatic carboxylic acids is 2. The van der Waals surface area contributed by atoms with E-state index in [2.05, 4.69) is 5.32 Å². The molecule has 0 rings (SSSR count). The lowest BCUT2D eigenvalue weighted by molar-refractivity contribution is -0.140. The van der Waals surface area contributed by atoms with Gasteiger partial charge in [0.2, 0.25) is 0 Å². The number of amides is 2. The Morgan fingerprint density at radius 3 is 1.85 bits per heavy atom. The third-order valence-corrected chi connectivity index (χ3v) is 2.40. The van der Waals surface area contributed by atoms with Crippen molar-refractivity contribution in [3.63, 3.8) is 0 Å². The molecule has 0 unspecified atom stereocenters. The average Bonchev–Trinajstić information content (AvgIpc) is 2.22. The van der Waals surface area contributed by atoms with Crippen LogP contribution in [0.3, 0.4) is 0 Å². The molecule has 0 aromatic carbocycles. The Morgan fingerprint density at radius 1 is 1.05 bits per heavy atom. The number of carbonyl (C=O) groups excluding carboxylic acids is 1. The summed E-state index contributed by atoms with van der Waals surface area (Å²) in [6.07, 6.45) is 0. The topological polar surface area (TPSA) is 110 Å². The highest BCUT2D eigenvalue weighted by Crippen LogP contribution is 2.14. The van der Waals surface area contributed by atoms with Crippen LogP contribution in [0.25, 0.3) is 0 Å². The molecule has 0 spiro atoms. The third-order valence-electron chi connectivity index (χ3n) is 2.40. The summed E-state index contributed by atoms with van der Waals surface area (Å²) >= 11 is 0. The standard InChI is InChI=1S/C12H23N3O5/c1-12(2,8-14(3)4)7-13-11(20)15(5-9(16)17)6-10(18)19/h5-8H2,1-4H3,(H,13,20)(H,16,17)(H,18,19). The van der Waals surface area contributed by atoms with Crippen LogP contribution in [-0.2, 0) is 9.59 Å². The molecular formula is C12H23N3O5. The Balaban J connectivity index is 4.52. The molecule has 0 atom stereocenters. The fourth-order valence-corrected chi connectivity index (χ4v) is 1.86. The second kappa shape index (κ2) is 7.68. The van der Waals surface area contributed by atoms with E-state index in [9.17, 15) is 14.4 Å². The molecular weight excluding hydrogens is 266 g/mol. The molecule has 0 heterocycles. The number of nitrogens with zero attached hydrogens (tertiary/aromatic N) is 2. The van der Waals surface area contributed by atoms with Crippen LogP contribution >= 0.6 is 0 Å². The van der Waals surface area contributed by atoms with E-state index in [4.69, 9.17) is 10.2 Å². The van der Waals surface area contributed by atoms with Gasteiger partial charge in [-0.25, -0.2) is 4.79 Å². The largest absolute Gasteiger partial charge is 0.480 e. The molecule has 0 aliphatic carbocycles. The molecule has 8 nitrogen and oxygen atoms in total. The van der Waals surface area contributed by atoms with Crippen LogP contribution in [0.4, 0.5) is 4.79 Å². The first-order chi connectivity index (χ1) is 9.03. The second-order valence-corrected chi connectivity index (χ2v) is 5.70. The van der Waals surface area contributed by atoms with Crippen LogP contribution in [0.15, 0.2) is 0 Å². The zero-order valence-corrected chi connectivity index (χ0v) is 12.3. The highest BCUT2D eigenvalue weighted by Gasteiger charge is 2.23. The van der Waals surface area contributed by atoms with Gasteiger partial charge in [-0.05, 0) is 19.5 Å². The molecule has 0 bridgehead atoms. The summed E-state index contributed by atoms with van der Waals surface area (Å²) in [5.41, 5.74) is -0.211. The number of hydrogen-bond acceptors (Lipinski definition) is 4. The van der Waals surface area contributed by atoms with E-state index >= 15 is 0 Å². The minimum absolute atomic E-state index is 0.211. The summed E-state index contributed by atoms with van der Waals surface area (Å²) in [6.45, 7) is 3.65. The van der Waals surface area contributed by atoms with Crippen LogP contribution in [0, 0.1) is 5.41 Å². The van der Waals surface area contributed by atoms with Crippen molar-refractivity contribution in [1.82, 2.24) is 15.1 Å². The molecule has 0 aliphatic heterocycles. The van der Waals surface area contributed by atoms with Gasteiger partial charge in [0.05, 0.1) is 0 Å². The van der Waals surface area contributed by atoms with Crippen molar-refractivity contribution in [2.45, 2.75) is 13.8 Å². The molecule has 3 N–H and O–H groups in total. The van der Waals surface area contributed by atoms with Gasteiger partial charge >= 0.3 is 18.0 Å². The van der Waals surface area contributed by atoms with E-state index in [1.807, 2.05) is 32.8 Å². The first-order valence-corrected chi connectivity index (χ1v) is 6.14. The zero-order valence-electron chi connectivity index (χ0n) is 12.3. The summed E-state index contributed by atoms with van der Waals surface area (Å²) in [7, 11) is 3.81. The lowest BCUT2D eigenvalue weighted by Gasteiger charge is -2.29. The number of rotatable bonds is 8. The monoisotopic (exact) mass is 289 g/mol. The molecule has 0 radical (unpaired) electrons. The van der Waals surface area contributed by atoms with Crippen molar-refractivity contribution in [1.29, 1.82) is 0 Å². The molecule has 0 aromatic rings. The first kappa shape index (κ1) is 18.2. The van der Waals surface area contributed by atoms with Crippen LogP contribution in [-0.4, -0.2) is 78.3 Å². The average molecular weight is 289 g/mol. The van der Waals surface area contributed by atoms with Crippen LogP contribution < -0.4 is 5.32 Å². The van der Waals surface area contributed by atoms with E-state index in [1.54, 1.807) is 0 Å². The number of carboxylic acids is 2. The number of urea groups is 1. The van der Waals surface area contributed by atoms with Gasteiger partial charge in [0.1, 0.15) is 13.1 Å². The number of carboxylic acid groups (broad SMARTS) is 2. The fraction of sp³-hybridized carbons (Fsp3) is 0.750. The van der Waals surface area contributed by atoms with E-state index in [0.29, 0.717) is 6.54 Å². The van der Waals surface area contributed by atoms with Crippen LogP contribution in [0.5, 0.6) is 0 Å². The quantitative estimate of drug-likeness (QED) is 0.568. The molecule has 2 amide bonds. The van der Waals surface area contributed by atoms with E-state index in [1.165, 1.54) is 0 Å². The molecule has 0 fully saturated rings. The lowest BCUT2D eigenvalue weighted by Crippen LogP contribution is -2.48. The Morgan fingerprint density at radius 2 is 1.50 bits per heavy atom. The maximum absolute atomic E-state index is 11.8. The van der Waals surface area contributed by atoms with Crippen molar-refractivity contribution < 1.29 is 24.6 Å². The van der Waals surface area contributed by atoms with Gasteiger partial charge in [0, 0.05) is 13.1 Å². The second-order valence-electron chi connectivity index (χ2n) is 5.70. The Kier molecular flexibility index (Phi) is 6.98. The minimum Gasteiger partial charge on any atom is -0.480 e. The van der Waals surface area contributed by atoms with Crippen molar-refractivity contribution >= 4 is 18.0 Å². The van der Waals surface area contributed by atoms with Gasteiger partial charge in [-0.2, -0.15) is 0 Å². The summed E-state index contributed by atoms with van der Waals surface area (Å²) in [4.78, 5) is 35.8. The van der Waals surface area contributed by atoms with E-state index in [-0.39, 0.29) is 5.41 Å². The molecule has 8 heteroatoms. The van der Waals surface area contributed by atoms with Crippen molar-refractivity contribution in [2.75, 3.05) is 40.3 Å². The predicted molar refractivity (Wildman–Crippen MR) is 72.6 cm³/mol. The molecule has 0 aliphatic rings. The van der Waals surface area contributed by atoms with E-state index < -0.39 is 31.1 Å². The maximum Gasteiger partial charge on any atom is 0.323 e. The highest BCUT2D eigenvalue weighted by molar-refractivity contribution is 5.84. The van der Waals surface area contributed by atoms with Crippen molar-refractivity contribution in [3.8, 4) is 0 Å². The summed E-state index contributed by atoms with van der Waals surface area (Å²) in [6, 6.07) is -0.693. The molecule has 0 saturated carbocycles. The molecule has 116 valence electrons. The third kappa shape index (κ3) is 8.30. The summed E-state index contributed by atoms with van der Waals surface area (Å²) < 4.78 is 0. The van der Waals surface area contributed by atoms with Gasteiger partial charge in [-0.15, -0.1) is 0 Å². The highest BCUT2D eigenvalue weighted by atomic mass is 16.4. The number of hydrogen-bond donors (Lipinski definition) is 3. The van der Waals surface area contributed by atoms with Crippen LogP contribution in [0.1, 0.15) is 13.8 Å².